The van der Waals surface area contributed by atoms with Gasteiger partial charge in [-0.25, -0.2) is 0 Å². The van der Waals surface area contributed by atoms with E-state index in [2.05, 4.69) is 0 Å². The van der Waals surface area contributed by atoms with E-state index in [0.29, 0.717) is 18.7 Å². The quantitative estimate of drug-likeness (QED) is 0.830. The summed E-state index contributed by atoms with van der Waals surface area (Å²) in [6.07, 6.45) is 0.203. The highest BCUT2D eigenvalue weighted by molar-refractivity contribution is 5.79. The number of aromatic hydroxyl groups is 2. The average molecular weight is 285 g/mol. The van der Waals surface area contributed by atoms with Crippen LogP contribution in [0.15, 0.2) is 48.5 Å². The van der Waals surface area contributed by atoms with E-state index in [9.17, 15) is 15.0 Å². The highest BCUT2D eigenvalue weighted by atomic mass is 16.3. The van der Waals surface area contributed by atoms with Gasteiger partial charge in [0.1, 0.15) is 0 Å². The monoisotopic (exact) mass is 285 g/mol. The number of phenolic OH excluding ortho intramolecular Hbond substituents is 2. The molecule has 0 aliphatic rings. The minimum atomic E-state index is -0.202. The molecule has 110 valence electrons. The molecule has 2 aromatic rings. The molecule has 1 amide bonds. The van der Waals surface area contributed by atoms with Crippen LogP contribution in [-0.4, -0.2) is 27.6 Å². The zero-order valence-electron chi connectivity index (χ0n) is 12.0. The van der Waals surface area contributed by atoms with Crippen molar-refractivity contribution in [2.45, 2.75) is 19.9 Å². The van der Waals surface area contributed by atoms with Crippen LogP contribution in [0.1, 0.15) is 18.1 Å². The summed E-state index contributed by atoms with van der Waals surface area (Å²) in [4.78, 5) is 14.1. The number of hydrogen-bond donors (Lipinski definition) is 2. The molecular formula is C17H19NO3. The van der Waals surface area contributed by atoms with Gasteiger partial charge in [0.15, 0.2) is 11.5 Å². The average Bonchev–Trinajstić information content (AvgIpc) is 2.49. The first-order valence-corrected chi connectivity index (χ1v) is 6.92. The largest absolute Gasteiger partial charge is 0.504 e. The lowest BCUT2D eigenvalue weighted by Gasteiger charge is -2.21. The zero-order valence-corrected chi connectivity index (χ0v) is 12.0. The van der Waals surface area contributed by atoms with E-state index in [4.69, 9.17) is 0 Å². The molecule has 0 saturated heterocycles. The van der Waals surface area contributed by atoms with E-state index >= 15 is 0 Å². The van der Waals surface area contributed by atoms with Crippen LogP contribution < -0.4 is 0 Å². The lowest BCUT2D eigenvalue weighted by molar-refractivity contribution is -0.130. The third kappa shape index (κ3) is 3.99. The molecule has 0 radical (unpaired) electrons. The fourth-order valence-corrected chi connectivity index (χ4v) is 2.15. The molecular weight excluding hydrogens is 266 g/mol. The molecule has 4 nitrogen and oxygen atoms in total. The Hall–Kier alpha value is -2.49. The zero-order chi connectivity index (χ0) is 15.2. The normalized spacial score (nSPS) is 10.3. The van der Waals surface area contributed by atoms with Crippen molar-refractivity contribution in [1.29, 1.82) is 0 Å². The van der Waals surface area contributed by atoms with Crippen LogP contribution in [0, 0.1) is 0 Å². The number of carbonyl (C=O) groups is 1. The molecule has 0 heterocycles. The number of carbonyl (C=O) groups excluding carboxylic acids is 1. The van der Waals surface area contributed by atoms with Crippen LogP contribution >= 0.6 is 0 Å². The predicted octanol–water partition coefficient (Wildman–Crippen LogP) is 2.69. The Morgan fingerprint density at radius 2 is 1.71 bits per heavy atom. The summed E-state index contributed by atoms with van der Waals surface area (Å²) in [6.45, 7) is 3.13. The molecule has 0 unspecified atom stereocenters. The van der Waals surface area contributed by atoms with Crippen molar-refractivity contribution in [3.8, 4) is 11.5 Å². The highest BCUT2D eigenvalue weighted by Crippen LogP contribution is 2.25. The summed E-state index contributed by atoms with van der Waals surface area (Å²) in [5, 5.41) is 18.8. The van der Waals surface area contributed by atoms with Crippen molar-refractivity contribution in [2.75, 3.05) is 6.54 Å². The third-order valence-electron chi connectivity index (χ3n) is 3.35. The molecule has 0 atom stereocenters. The van der Waals surface area contributed by atoms with Crippen molar-refractivity contribution in [2.24, 2.45) is 0 Å². The van der Waals surface area contributed by atoms with Crippen LogP contribution in [-0.2, 0) is 17.8 Å². The minimum Gasteiger partial charge on any atom is -0.504 e. The Kier molecular flexibility index (Phi) is 4.82. The fraction of sp³-hybridized carbons (Fsp3) is 0.235. The standard InChI is InChI=1S/C17H19NO3/c1-2-18(12-13-6-4-3-5-7-13)17(21)11-14-8-9-15(19)16(20)10-14/h3-10,19-20H,2,11-12H2,1H3. The summed E-state index contributed by atoms with van der Waals surface area (Å²) < 4.78 is 0. The second kappa shape index (κ2) is 6.79. The van der Waals surface area contributed by atoms with Crippen molar-refractivity contribution in [1.82, 2.24) is 4.90 Å². The number of benzene rings is 2. The molecule has 2 aromatic carbocycles. The van der Waals surface area contributed by atoms with Gasteiger partial charge in [-0.3, -0.25) is 4.79 Å². The number of likely N-dealkylation sites (N-methyl/N-ethyl adjacent to an activating group) is 1. The number of rotatable bonds is 5. The van der Waals surface area contributed by atoms with Gasteiger partial charge in [0.2, 0.25) is 5.91 Å². The topological polar surface area (TPSA) is 60.8 Å². The van der Waals surface area contributed by atoms with Gasteiger partial charge in [-0.1, -0.05) is 36.4 Å². The van der Waals surface area contributed by atoms with Gasteiger partial charge in [0, 0.05) is 13.1 Å². The van der Waals surface area contributed by atoms with Gasteiger partial charge in [0.25, 0.3) is 0 Å². The van der Waals surface area contributed by atoms with Gasteiger partial charge in [-0.2, -0.15) is 0 Å². The number of nitrogens with zero attached hydrogens (tertiary/aromatic N) is 1. The van der Waals surface area contributed by atoms with E-state index < -0.39 is 0 Å². The Balaban J connectivity index is 2.04. The molecule has 0 saturated carbocycles. The molecule has 2 N–H and O–H groups in total. The minimum absolute atomic E-state index is 0.00792. The molecule has 4 heteroatoms. The Morgan fingerprint density at radius 1 is 1.00 bits per heavy atom. The van der Waals surface area contributed by atoms with Crippen LogP contribution in [0.3, 0.4) is 0 Å². The van der Waals surface area contributed by atoms with Crippen molar-refractivity contribution in [3.63, 3.8) is 0 Å². The number of phenols is 2. The van der Waals surface area contributed by atoms with Crippen molar-refractivity contribution >= 4 is 5.91 Å². The van der Waals surface area contributed by atoms with E-state index in [1.165, 1.54) is 12.1 Å². The summed E-state index contributed by atoms with van der Waals surface area (Å²) in [6, 6.07) is 14.3. The van der Waals surface area contributed by atoms with Crippen LogP contribution in [0.25, 0.3) is 0 Å². The van der Waals surface area contributed by atoms with Gasteiger partial charge >= 0.3 is 0 Å². The lowest BCUT2D eigenvalue weighted by Crippen LogP contribution is -2.31. The van der Waals surface area contributed by atoms with Crippen LogP contribution in [0.5, 0.6) is 11.5 Å². The fourth-order valence-electron chi connectivity index (χ4n) is 2.15. The van der Waals surface area contributed by atoms with Gasteiger partial charge in [-0.15, -0.1) is 0 Å². The van der Waals surface area contributed by atoms with E-state index in [0.717, 1.165) is 5.56 Å². The first kappa shape index (κ1) is 14.9. The van der Waals surface area contributed by atoms with Crippen LogP contribution in [0.2, 0.25) is 0 Å². The van der Waals surface area contributed by atoms with Crippen molar-refractivity contribution < 1.29 is 15.0 Å². The maximum atomic E-state index is 12.3. The first-order valence-electron chi connectivity index (χ1n) is 6.92. The van der Waals surface area contributed by atoms with Gasteiger partial charge in [0.05, 0.1) is 6.42 Å². The molecule has 21 heavy (non-hydrogen) atoms. The Bertz CT molecular complexity index is 611. The second-order valence-corrected chi connectivity index (χ2v) is 4.89. The highest BCUT2D eigenvalue weighted by Gasteiger charge is 2.13. The molecule has 0 spiro atoms. The molecule has 0 bridgehead atoms. The molecule has 0 aliphatic carbocycles. The smallest absolute Gasteiger partial charge is 0.227 e. The number of hydrogen-bond acceptors (Lipinski definition) is 3. The third-order valence-corrected chi connectivity index (χ3v) is 3.35. The predicted molar refractivity (Wildman–Crippen MR) is 81.0 cm³/mol. The Morgan fingerprint density at radius 3 is 2.33 bits per heavy atom. The van der Waals surface area contributed by atoms with E-state index in [-0.39, 0.29) is 23.8 Å². The van der Waals surface area contributed by atoms with Crippen molar-refractivity contribution in [3.05, 3.63) is 59.7 Å². The summed E-state index contributed by atoms with van der Waals surface area (Å²) >= 11 is 0. The Labute approximate surface area is 124 Å². The van der Waals surface area contributed by atoms with E-state index in [1.54, 1.807) is 11.0 Å². The second-order valence-electron chi connectivity index (χ2n) is 4.89. The first-order chi connectivity index (χ1) is 10.1. The maximum Gasteiger partial charge on any atom is 0.227 e. The lowest BCUT2D eigenvalue weighted by atomic mass is 10.1. The molecule has 0 fully saturated rings. The summed E-state index contributed by atoms with van der Waals surface area (Å²) in [5.41, 5.74) is 1.77. The SMILES string of the molecule is CCN(Cc1ccccc1)C(=O)Cc1ccc(O)c(O)c1. The summed E-state index contributed by atoms with van der Waals surface area (Å²) in [5.74, 6) is -0.388. The molecule has 2 rings (SSSR count). The molecule has 0 aromatic heterocycles. The maximum absolute atomic E-state index is 12.3. The molecule has 0 aliphatic heterocycles. The van der Waals surface area contributed by atoms with Gasteiger partial charge in [-0.05, 0) is 30.2 Å². The summed E-state index contributed by atoms with van der Waals surface area (Å²) in [7, 11) is 0. The van der Waals surface area contributed by atoms with Crippen LogP contribution in [0.4, 0.5) is 0 Å². The van der Waals surface area contributed by atoms with Gasteiger partial charge < -0.3 is 15.1 Å². The number of amides is 1. The van der Waals surface area contributed by atoms with E-state index in [1.807, 2.05) is 37.3 Å².